The molecule has 0 aliphatic carbocycles. The number of hydrogen-bond donors (Lipinski definition) is 1. The van der Waals surface area contributed by atoms with E-state index in [4.69, 9.17) is 4.52 Å². The van der Waals surface area contributed by atoms with Crippen molar-refractivity contribution in [3.05, 3.63) is 63.9 Å². The van der Waals surface area contributed by atoms with Crippen molar-refractivity contribution in [2.24, 2.45) is 0 Å². The number of H-pyrrole nitrogens is 1. The predicted molar refractivity (Wildman–Crippen MR) is 107 cm³/mol. The van der Waals surface area contributed by atoms with Gasteiger partial charge in [-0.1, -0.05) is 23.7 Å². The van der Waals surface area contributed by atoms with Crippen molar-refractivity contribution < 1.29 is 12.9 Å². The molecule has 152 valence electrons. The highest BCUT2D eigenvalue weighted by molar-refractivity contribution is 7.89. The van der Waals surface area contributed by atoms with Crippen LogP contribution in [0.5, 0.6) is 0 Å². The topological polar surface area (TPSA) is 109 Å². The lowest BCUT2D eigenvalue weighted by Gasteiger charge is -2.25. The molecule has 1 fully saturated rings. The average molecular weight is 414 g/mol. The van der Waals surface area contributed by atoms with Crippen LogP contribution in [0.1, 0.15) is 36.4 Å². The summed E-state index contributed by atoms with van der Waals surface area (Å²) in [6, 6.07) is 10.2. The minimum Gasteiger partial charge on any atom is -0.339 e. The van der Waals surface area contributed by atoms with Gasteiger partial charge in [-0.2, -0.15) is 9.29 Å². The Morgan fingerprint density at radius 3 is 2.48 bits per heavy atom. The zero-order valence-electron chi connectivity index (χ0n) is 16.1. The molecule has 29 heavy (non-hydrogen) atoms. The quantitative estimate of drug-likeness (QED) is 0.687. The summed E-state index contributed by atoms with van der Waals surface area (Å²) in [7, 11) is -3.45. The van der Waals surface area contributed by atoms with Crippen LogP contribution in [0.25, 0.3) is 11.4 Å². The molecule has 0 amide bonds. The van der Waals surface area contributed by atoms with Gasteiger partial charge >= 0.3 is 0 Å². The van der Waals surface area contributed by atoms with Gasteiger partial charge in [-0.15, -0.1) is 0 Å². The summed E-state index contributed by atoms with van der Waals surface area (Å²) in [4.78, 5) is 19.3. The Bertz CT molecular complexity index is 1160. The second-order valence-electron chi connectivity index (χ2n) is 7.18. The molecule has 8 nitrogen and oxygen atoms in total. The predicted octanol–water partition coefficient (Wildman–Crippen LogP) is 2.50. The van der Waals surface area contributed by atoms with E-state index in [1.54, 1.807) is 47.6 Å². The molecule has 0 atom stereocenters. The molecule has 0 saturated carbocycles. The highest BCUT2D eigenvalue weighted by atomic mass is 32.2. The Morgan fingerprint density at radius 2 is 1.79 bits per heavy atom. The SMILES string of the molecule is Cc1ccc(-c2noc(Cc3ccc(S(=O)(=O)N4CCCCC4)cc3)n2)c(=O)[nH]1. The molecule has 3 heterocycles. The summed E-state index contributed by atoms with van der Waals surface area (Å²) in [5, 5.41) is 3.88. The number of aromatic amines is 1. The van der Waals surface area contributed by atoms with Gasteiger partial charge in [-0.3, -0.25) is 4.79 Å². The molecular formula is C20H22N4O4S. The van der Waals surface area contributed by atoms with Crippen molar-refractivity contribution >= 4 is 10.0 Å². The van der Waals surface area contributed by atoms with Crippen LogP contribution >= 0.6 is 0 Å². The van der Waals surface area contributed by atoms with Gasteiger partial charge in [-0.25, -0.2) is 8.42 Å². The number of aryl methyl sites for hydroxylation is 1. The summed E-state index contributed by atoms with van der Waals surface area (Å²) in [6.07, 6.45) is 3.23. The summed E-state index contributed by atoms with van der Waals surface area (Å²) in [5.74, 6) is 0.581. The first-order valence-electron chi connectivity index (χ1n) is 9.55. The standard InChI is InChI=1S/C20H22N4O4S/c1-14-5-10-17(20(25)21-14)19-22-18(28-23-19)13-15-6-8-16(9-7-15)29(26,27)24-11-3-2-4-12-24/h5-10H,2-4,11-13H2,1H3,(H,21,25). The van der Waals surface area contributed by atoms with E-state index in [0.717, 1.165) is 30.5 Å². The molecule has 0 spiro atoms. The number of benzene rings is 1. The zero-order chi connectivity index (χ0) is 20.4. The lowest BCUT2D eigenvalue weighted by molar-refractivity contribution is 0.346. The lowest BCUT2D eigenvalue weighted by Crippen LogP contribution is -2.35. The Kier molecular flexibility index (Phi) is 5.33. The maximum Gasteiger partial charge on any atom is 0.259 e. The minimum atomic E-state index is -3.45. The van der Waals surface area contributed by atoms with E-state index in [0.29, 0.717) is 35.9 Å². The summed E-state index contributed by atoms with van der Waals surface area (Å²) in [5.41, 5.74) is 1.66. The molecule has 0 radical (unpaired) electrons. The van der Waals surface area contributed by atoms with E-state index in [-0.39, 0.29) is 11.4 Å². The first-order chi connectivity index (χ1) is 13.9. The van der Waals surface area contributed by atoms with Crippen LogP contribution in [-0.2, 0) is 16.4 Å². The van der Waals surface area contributed by atoms with Crippen LogP contribution < -0.4 is 5.56 Å². The second-order valence-corrected chi connectivity index (χ2v) is 9.12. The van der Waals surface area contributed by atoms with Gasteiger partial charge in [0.05, 0.1) is 16.9 Å². The molecule has 0 bridgehead atoms. The average Bonchev–Trinajstić information content (AvgIpc) is 3.17. The molecule has 4 rings (SSSR count). The van der Waals surface area contributed by atoms with E-state index in [1.165, 1.54) is 0 Å². The van der Waals surface area contributed by atoms with Crippen molar-refractivity contribution in [2.45, 2.75) is 37.5 Å². The van der Waals surface area contributed by atoms with E-state index >= 15 is 0 Å². The molecule has 9 heteroatoms. The minimum absolute atomic E-state index is 0.227. The van der Waals surface area contributed by atoms with Gasteiger partial charge in [0, 0.05) is 18.8 Å². The molecular weight excluding hydrogens is 392 g/mol. The van der Waals surface area contributed by atoms with E-state index in [1.807, 2.05) is 0 Å². The van der Waals surface area contributed by atoms with Gasteiger partial charge in [-0.05, 0) is 49.6 Å². The molecule has 1 aromatic carbocycles. The van der Waals surface area contributed by atoms with Crippen molar-refractivity contribution in [1.29, 1.82) is 0 Å². The lowest BCUT2D eigenvalue weighted by atomic mass is 10.1. The number of sulfonamides is 1. The number of rotatable bonds is 5. The smallest absolute Gasteiger partial charge is 0.259 e. The fourth-order valence-electron chi connectivity index (χ4n) is 3.39. The highest BCUT2D eigenvalue weighted by Gasteiger charge is 2.25. The molecule has 3 aromatic rings. The first-order valence-corrected chi connectivity index (χ1v) is 11.0. The second kappa shape index (κ2) is 7.92. The van der Waals surface area contributed by atoms with Crippen LogP contribution in [0.2, 0.25) is 0 Å². The maximum absolute atomic E-state index is 12.7. The molecule has 1 aliphatic heterocycles. The number of piperidine rings is 1. The van der Waals surface area contributed by atoms with Crippen LogP contribution in [0.4, 0.5) is 0 Å². The fraction of sp³-hybridized carbons (Fsp3) is 0.350. The molecule has 2 aromatic heterocycles. The third kappa shape index (κ3) is 4.15. The number of hydrogen-bond acceptors (Lipinski definition) is 6. The Labute approximate surface area is 168 Å². The fourth-order valence-corrected chi connectivity index (χ4v) is 4.91. The third-order valence-corrected chi connectivity index (χ3v) is 6.91. The normalized spacial score (nSPS) is 15.5. The Morgan fingerprint density at radius 1 is 1.07 bits per heavy atom. The van der Waals surface area contributed by atoms with Gasteiger partial charge in [0.1, 0.15) is 0 Å². The largest absolute Gasteiger partial charge is 0.339 e. The monoisotopic (exact) mass is 414 g/mol. The van der Waals surface area contributed by atoms with E-state index < -0.39 is 10.0 Å². The van der Waals surface area contributed by atoms with Gasteiger partial charge in [0.15, 0.2) is 0 Å². The number of nitrogens with one attached hydrogen (secondary N) is 1. The van der Waals surface area contributed by atoms with Gasteiger partial charge in [0.25, 0.3) is 5.56 Å². The van der Waals surface area contributed by atoms with E-state index in [2.05, 4.69) is 15.1 Å². The van der Waals surface area contributed by atoms with Crippen LogP contribution in [0.15, 0.2) is 50.6 Å². The van der Waals surface area contributed by atoms with Crippen molar-refractivity contribution in [3.63, 3.8) is 0 Å². The maximum atomic E-state index is 12.7. The number of pyridine rings is 1. The summed E-state index contributed by atoms with van der Waals surface area (Å²) in [6.45, 7) is 2.95. The van der Waals surface area contributed by atoms with Gasteiger partial charge in [0.2, 0.25) is 21.7 Å². The van der Waals surface area contributed by atoms with E-state index in [9.17, 15) is 13.2 Å². The van der Waals surface area contributed by atoms with Crippen molar-refractivity contribution in [2.75, 3.05) is 13.1 Å². The Balaban J connectivity index is 1.49. The molecule has 1 N–H and O–H groups in total. The van der Waals surface area contributed by atoms with Crippen molar-refractivity contribution in [1.82, 2.24) is 19.4 Å². The first kappa shape index (κ1) is 19.5. The summed E-state index contributed by atoms with van der Waals surface area (Å²) < 4.78 is 32.3. The van der Waals surface area contributed by atoms with Crippen molar-refractivity contribution in [3.8, 4) is 11.4 Å². The molecule has 0 unspecified atom stereocenters. The highest BCUT2D eigenvalue weighted by Crippen LogP contribution is 2.22. The van der Waals surface area contributed by atoms with Crippen LogP contribution in [0.3, 0.4) is 0 Å². The third-order valence-electron chi connectivity index (χ3n) is 5.00. The number of nitrogens with zero attached hydrogens (tertiary/aromatic N) is 3. The zero-order valence-corrected chi connectivity index (χ0v) is 16.9. The molecule has 1 saturated heterocycles. The summed E-state index contributed by atoms with van der Waals surface area (Å²) >= 11 is 0. The number of aromatic nitrogens is 3. The van der Waals surface area contributed by atoms with Crippen LogP contribution in [-0.4, -0.2) is 40.9 Å². The van der Waals surface area contributed by atoms with Gasteiger partial charge < -0.3 is 9.51 Å². The molecule has 1 aliphatic rings. The van der Waals surface area contributed by atoms with Crippen LogP contribution in [0, 0.1) is 6.92 Å². The Hall–Kier alpha value is -2.78.